The van der Waals surface area contributed by atoms with E-state index >= 15 is 0 Å². The fourth-order valence-electron chi connectivity index (χ4n) is 3.16. The summed E-state index contributed by atoms with van der Waals surface area (Å²) in [5.41, 5.74) is 2.56. The number of rotatable bonds is 7. The minimum atomic E-state index is -3.77. The van der Waals surface area contributed by atoms with Crippen LogP contribution in [-0.2, 0) is 21.4 Å². The molecule has 33 heavy (non-hydrogen) atoms. The third-order valence-corrected chi connectivity index (χ3v) is 6.85. The summed E-state index contributed by atoms with van der Waals surface area (Å²) in [5, 5.41) is 3.93. The SMILES string of the molecule is Cc1ccccc1-c1noc(COC(=O)c2ccc(S(=O)(=O)N(C)c3ccccc3)cc2)n1. The van der Waals surface area contributed by atoms with Gasteiger partial charge in [-0.1, -0.05) is 47.6 Å². The number of para-hydroxylation sites is 1. The highest BCUT2D eigenvalue weighted by Crippen LogP contribution is 2.23. The van der Waals surface area contributed by atoms with Gasteiger partial charge in [0.05, 0.1) is 16.1 Å². The Morgan fingerprint density at radius 3 is 2.33 bits per heavy atom. The summed E-state index contributed by atoms with van der Waals surface area (Å²) < 4.78 is 37.3. The molecule has 3 aromatic carbocycles. The van der Waals surface area contributed by atoms with E-state index in [1.807, 2.05) is 37.3 Å². The molecule has 0 saturated heterocycles. The van der Waals surface area contributed by atoms with E-state index in [0.717, 1.165) is 11.1 Å². The summed E-state index contributed by atoms with van der Waals surface area (Å²) in [6.07, 6.45) is 0. The molecule has 0 N–H and O–H groups in total. The van der Waals surface area contributed by atoms with Gasteiger partial charge in [-0.2, -0.15) is 4.98 Å². The molecule has 4 rings (SSSR count). The van der Waals surface area contributed by atoms with Gasteiger partial charge in [0.25, 0.3) is 15.9 Å². The van der Waals surface area contributed by atoms with Crippen molar-refractivity contribution in [1.29, 1.82) is 0 Å². The minimum Gasteiger partial charge on any atom is -0.452 e. The highest BCUT2D eigenvalue weighted by molar-refractivity contribution is 7.92. The van der Waals surface area contributed by atoms with Crippen LogP contribution in [0.5, 0.6) is 0 Å². The number of hydrogen-bond donors (Lipinski definition) is 0. The molecule has 0 unspecified atom stereocenters. The van der Waals surface area contributed by atoms with Crippen LogP contribution in [0.4, 0.5) is 5.69 Å². The van der Waals surface area contributed by atoms with Crippen LogP contribution in [0.2, 0.25) is 0 Å². The summed E-state index contributed by atoms with van der Waals surface area (Å²) in [5.74, 6) is -0.0625. The van der Waals surface area contributed by atoms with E-state index in [1.165, 1.54) is 35.6 Å². The standard InChI is InChI=1S/C24H21N3O5S/c1-17-8-6-7-11-21(17)23-25-22(32-26-23)16-31-24(28)18-12-14-20(15-13-18)33(29,30)27(2)19-9-4-3-5-10-19/h3-15H,16H2,1-2H3. The topological polar surface area (TPSA) is 103 Å². The number of aromatic nitrogens is 2. The summed E-state index contributed by atoms with van der Waals surface area (Å²) in [6, 6.07) is 21.9. The number of nitrogens with zero attached hydrogens (tertiary/aromatic N) is 3. The molecule has 0 radical (unpaired) electrons. The van der Waals surface area contributed by atoms with E-state index < -0.39 is 16.0 Å². The summed E-state index contributed by atoms with van der Waals surface area (Å²) >= 11 is 0. The van der Waals surface area contributed by atoms with E-state index in [2.05, 4.69) is 10.1 Å². The van der Waals surface area contributed by atoms with Crippen molar-refractivity contribution in [2.45, 2.75) is 18.4 Å². The molecule has 9 heteroatoms. The maximum absolute atomic E-state index is 12.8. The summed E-state index contributed by atoms with van der Waals surface area (Å²) in [7, 11) is -2.29. The molecular formula is C24H21N3O5S. The quantitative estimate of drug-likeness (QED) is 0.378. The van der Waals surface area contributed by atoms with Crippen molar-refractivity contribution in [3.8, 4) is 11.4 Å². The fourth-order valence-corrected chi connectivity index (χ4v) is 4.35. The first-order valence-corrected chi connectivity index (χ1v) is 11.5. The number of benzene rings is 3. The number of anilines is 1. The van der Waals surface area contributed by atoms with Crippen LogP contribution >= 0.6 is 0 Å². The molecule has 0 aliphatic heterocycles. The van der Waals surface area contributed by atoms with Crippen molar-refractivity contribution in [3.05, 3.63) is 95.9 Å². The lowest BCUT2D eigenvalue weighted by Crippen LogP contribution is -2.26. The van der Waals surface area contributed by atoms with Crippen LogP contribution in [0.3, 0.4) is 0 Å². The van der Waals surface area contributed by atoms with Gasteiger partial charge in [0.15, 0.2) is 6.61 Å². The lowest BCUT2D eigenvalue weighted by atomic mass is 10.1. The molecule has 4 aromatic rings. The maximum atomic E-state index is 12.8. The molecule has 0 fully saturated rings. The van der Waals surface area contributed by atoms with Crippen molar-refractivity contribution in [2.75, 3.05) is 11.4 Å². The zero-order chi connectivity index (χ0) is 23.4. The van der Waals surface area contributed by atoms with Crippen LogP contribution < -0.4 is 4.31 Å². The van der Waals surface area contributed by atoms with Crippen molar-refractivity contribution < 1.29 is 22.5 Å². The Bertz CT molecular complexity index is 1370. The normalized spacial score (nSPS) is 11.2. The van der Waals surface area contributed by atoms with Gasteiger partial charge in [0, 0.05) is 12.6 Å². The van der Waals surface area contributed by atoms with Crippen LogP contribution in [0.15, 0.2) is 88.3 Å². The fraction of sp³-hybridized carbons (Fsp3) is 0.125. The molecule has 1 heterocycles. The largest absolute Gasteiger partial charge is 0.452 e. The third-order valence-electron chi connectivity index (χ3n) is 5.05. The van der Waals surface area contributed by atoms with Crippen molar-refractivity contribution >= 4 is 21.7 Å². The van der Waals surface area contributed by atoms with E-state index in [1.54, 1.807) is 24.3 Å². The monoisotopic (exact) mass is 463 g/mol. The van der Waals surface area contributed by atoms with Crippen LogP contribution in [0, 0.1) is 6.92 Å². The van der Waals surface area contributed by atoms with Crippen LogP contribution in [0.25, 0.3) is 11.4 Å². The zero-order valence-corrected chi connectivity index (χ0v) is 18.8. The minimum absolute atomic E-state index is 0.0603. The van der Waals surface area contributed by atoms with Crippen molar-refractivity contribution in [2.24, 2.45) is 0 Å². The molecule has 0 aliphatic rings. The number of ether oxygens (including phenoxy) is 1. The molecule has 0 aliphatic carbocycles. The number of carbonyl (C=O) groups excluding carboxylic acids is 1. The lowest BCUT2D eigenvalue weighted by Gasteiger charge is -2.19. The second-order valence-corrected chi connectivity index (χ2v) is 9.20. The van der Waals surface area contributed by atoms with Gasteiger partial charge in [0.1, 0.15) is 0 Å². The van der Waals surface area contributed by atoms with E-state index in [-0.39, 0.29) is 23.0 Å². The van der Waals surface area contributed by atoms with Gasteiger partial charge in [-0.05, 0) is 48.9 Å². The Morgan fingerprint density at radius 2 is 1.64 bits per heavy atom. The third kappa shape index (κ3) is 4.78. The Labute approximate surface area is 191 Å². The van der Waals surface area contributed by atoms with Crippen LogP contribution in [0.1, 0.15) is 21.8 Å². The Hall–Kier alpha value is -3.98. The second-order valence-electron chi connectivity index (χ2n) is 7.24. The van der Waals surface area contributed by atoms with Gasteiger partial charge in [-0.15, -0.1) is 0 Å². The van der Waals surface area contributed by atoms with Crippen molar-refractivity contribution in [1.82, 2.24) is 10.1 Å². The first-order chi connectivity index (χ1) is 15.9. The van der Waals surface area contributed by atoms with Crippen LogP contribution in [-0.4, -0.2) is 31.6 Å². The highest BCUT2D eigenvalue weighted by atomic mass is 32.2. The predicted octanol–water partition coefficient (Wildman–Crippen LogP) is 4.23. The predicted molar refractivity (Wildman–Crippen MR) is 122 cm³/mol. The number of carbonyl (C=O) groups is 1. The zero-order valence-electron chi connectivity index (χ0n) is 18.0. The van der Waals surface area contributed by atoms with Gasteiger partial charge in [0.2, 0.25) is 5.82 Å². The average Bonchev–Trinajstić information content (AvgIpc) is 3.31. The van der Waals surface area contributed by atoms with E-state index in [0.29, 0.717) is 11.5 Å². The first-order valence-electron chi connectivity index (χ1n) is 10.1. The Balaban J connectivity index is 1.41. The van der Waals surface area contributed by atoms with Gasteiger partial charge in [-0.3, -0.25) is 4.31 Å². The molecule has 1 aromatic heterocycles. The molecule has 168 valence electrons. The second kappa shape index (κ2) is 9.25. The lowest BCUT2D eigenvalue weighted by molar-refractivity contribution is 0.0429. The molecule has 8 nitrogen and oxygen atoms in total. The maximum Gasteiger partial charge on any atom is 0.338 e. The van der Waals surface area contributed by atoms with Gasteiger partial charge >= 0.3 is 5.97 Å². The van der Waals surface area contributed by atoms with Gasteiger partial charge < -0.3 is 9.26 Å². The molecule has 0 spiro atoms. The van der Waals surface area contributed by atoms with Crippen molar-refractivity contribution in [3.63, 3.8) is 0 Å². The molecular weight excluding hydrogens is 442 g/mol. The first kappa shape index (κ1) is 22.2. The number of esters is 1. The molecule has 0 saturated carbocycles. The number of aryl methyl sites for hydroxylation is 1. The molecule has 0 amide bonds. The van der Waals surface area contributed by atoms with Gasteiger partial charge in [-0.25, -0.2) is 13.2 Å². The smallest absolute Gasteiger partial charge is 0.338 e. The number of sulfonamides is 1. The summed E-state index contributed by atoms with van der Waals surface area (Å²) in [6.45, 7) is 1.74. The Kier molecular flexibility index (Phi) is 6.23. The molecule has 0 bridgehead atoms. The average molecular weight is 464 g/mol. The Morgan fingerprint density at radius 1 is 0.970 bits per heavy atom. The van der Waals surface area contributed by atoms with E-state index in [4.69, 9.17) is 9.26 Å². The summed E-state index contributed by atoms with van der Waals surface area (Å²) in [4.78, 5) is 16.7. The molecule has 0 atom stereocenters. The highest BCUT2D eigenvalue weighted by Gasteiger charge is 2.22. The number of hydrogen-bond acceptors (Lipinski definition) is 7. The van der Waals surface area contributed by atoms with E-state index in [9.17, 15) is 13.2 Å².